The minimum absolute atomic E-state index is 0.0278. The number of hydrogen-bond acceptors (Lipinski definition) is 5. The second-order valence-electron chi connectivity index (χ2n) is 7.92. The molecule has 0 aliphatic carbocycles. The molecule has 6 nitrogen and oxygen atoms in total. The van der Waals surface area contributed by atoms with Gasteiger partial charge in [0.25, 0.3) is 0 Å². The molecule has 3 aromatic rings. The molecule has 4 rings (SSSR count). The average molecular weight is 480 g/mol. The van der Waals surface area contributed by atoms with Gasteiger partial charge in [-0.1, -0.05) is 0 Å². The quantitative estimate of drug-likeness (QED) is 0.504. The third-order valence-corrected chi connectivity index (χ3v) is 7.68. The van der Waals surface area contributed by atoms with E-state index in [1.165, 1.54) is 22.6 Å². The molecule has 2 atom stereocenters. The number of alkyl halides is 3. The molecule has 11 heteroatoms. The van der Waals surface area contributed by atoms with Crippen LogP contribution in [0.2, 0.25) is 0 Å². The van der Waals surface area contributed by atoms with Crippen molar-refractivity contribution >= 4 is 10.0 Å². The minimum Gasteiger partial charge on any atom is -0.256 e. The lowest BCUT2D eigenvalue weighted by Crippen LogP contribution is -2.40. The normalized spacial score (nSPS) is 19.7. The van der Waals surface area contributed by atoms with Crippen LogP contribution >= 0.6 is 0 Å². The van der Waals surface area contributed by atoms with Crippen LogP contribution in [-0.4, -0.2) is 39.8 Å². The van der Waals surface area contributed by atoms with Gasteiger partial charge < -0.3 is 0 Å². The molecule has 1 saturated heterocycles. The van der Waals surface area contributed by atoms with Crippen LogP contribution in [0.25, 0.3) is 11.3 Å². The maximum Gasteiger partial charge on any atom is 0.451 e. The number of hydrogen-bond donors (Lipinski definition) is 0. The molecule has 0 spiro atoms. The summed E-state index contributed by atoms with van der Waals surface area (Å²) in [5, 5.41) is 0. The number of benzene rings is 1. The van der Waals surface area contributed by atoms with E-state index in [1.54, 1.807) is 12.1 Å². The van der Waals surface area contributed by atoms with Crippen molar-refractivity contribution in [1.29, 1.82) is 0 Å². The first kappa shape index (κ1) is 23.2. The summed E-state index contributed by atoms with van der Waals surface area (Å²) in [4.78, 5) is 10.9. The Morgan fingerprint density at radius 3 is 2.33 bits per heavy atom. The maximum absolute atomic E-state index is 13.3. The van der Waals surface area contributed by atoms with Gasteiger partial charge in [0.05, 0.1) is 10.6 Å². The Kier molecular flexibility index (Phi) is 6.19. The van der Waals surface area contributed by atoms with Crippen LogP contribution < -0.4 is 0 Å². The second kappa shape index (κ2) is 8.79. The summed E-state index contributed by atoms with van der Waals surface area (Å²) in [6, 6.07) is 7.61. The summed E-state index contributed by atoms with van der Waals surface area (Å²) in [7, 11) is -3.83. The SMILES string of the molecule is C[C@H]1CCC(Cc2ccnc(-c3cnc(C(F)(F)F)nc3)c2)N1S(=O)(=O)c1ccc(F)cc1. The predicted octanol–water partition coefficient (Wildman–Crippen LogP) is 4.48. The number of rotatable bonds is 5. The van der Waals surface area contributed by atoms with E-state index in [2.05, 4.69) is 15.0 Å². The standard InChI is InChI=1S/C22H20F4N4O2S/c1-14-2-5-18(30(14)33(31,32)19-6-3-17(23)4-7-19)10-15-8-9-27-20(11-15)16-12-28-21(29-13-16)22(24,25)26/h3-4,6-9,11-14,18H,2,5,10H2,1H3/t14-,18?/m0/s1. The van der Waals surface area contributed by atoms with Crippen molar-refractivity contribution in [1.82, 2.24) is 19.3 Å². The van der Waals surface area contributed by atoms with Crippen molar-refractivity contribution in [2.45, 2.75) is 49.3 Å². The lowest BCUT2D eigenvalue weighted by atomic mass is 10.0. The molecule has 1 aromatic carbocycles. The molecule has 1 unspecified atom stereocenters. The minimum atomic E-state index is -4.63. The smallest absolute Gasteiger partial charge is 0.256 e. The Labute approximate surface area is 188 Å². The van der Waals surface area contributed by atoms with E-state index in [0.29, 0.717) is 30.5 Å². The van der Waals surface area contributed by atoms with E-state index in [4.69, 9.17) is 0 Å². The summed E-state index contributed by atoms with van der Waals surface area (Å²) in [5.74, 6) is -1.75. The highest BCUT2D eigenvalue weighted by Crippen LogP contribution is 2.33. The first-order chi connectivity index (χ1) is 15.6. The fourth-order valence-corrected chi connectivity index (χ4v) is 5.91. The van der Waals surface area contributed by atoms with Crippen LogP contribution in [0.1, 0.15) is 31.2 Å². The third-order valence-electron chi connectivity index (χ3n) is 5.60. The van der Waals surface area contributed by atoms with Gasteiger partial charge in [0, 0.05) is 36.2 Å². The van der Waals surface area contributed by atoms with Crippen LogP contribution in [0, 0.1) is 5.82 Å². The summed E-state index contributed by atoms with van der Waals surface area (Å²) in [6.07, 6.45) is 0.710. The van der Waals surface area contributed by atoms with Crippen molar-refractivity contribution < 1.29 is 26.0 Å². The number of aromatic nitrogens is 3. The van der Waals surface area contributed by atoms with Gasteiger partial charge in [0.2, 0.25) is 15.8 Å². The van der Waals surface area contributed by atoms with Crippen molar-refractivity contribution in [2.24, 2.45) is 0 Å². The molecule has 0 saturated carbocycles. The zero-order valence-corrected chi connectivity index (χ0v) is 18.3. The molecule has 0 radical (unpaired) electrons. The van der Waals surface area contributed by atoms with Gasteiger partial charge in [0.15, 0.2) is 0 Å². The van der Waals surface area contributed by atoms with Crippen molar-refractivity contribution in [3.05, 3.63) is 72.2 Å². The number of nitrogens with zero attached hydrogens (tertiary/aromatic N) is 4. The van der Waals surface area contributed by atoms with Crippen molar-refractivity contribution in [3.8, 4) is 11.3 Å². The predicted molar refractivity (Wildman–Crippen MR) is 112 cm³/mol. The molecular formula is C22H20F4N4O2S. The topological polar surface area (TPSA) is 76.1 Å². The van der Waals surface area contributed by atoms with E-state index < -0.39 is 27.8 Å². The van der Waals surface area contributed by atoms with Gasteiger partial charge in [-0.2, -0.15) is 17.5 Å². The van der Waals surface area contributed by atoms with Gasteiger partial charge >= 0.3 is 6.18 Å². The van der Waals surface area contributed by atoms with E-state index in [1.807, 2.05) is 6.92 Å². The fraction of sp³-hybridized carbons (Fsp3) is 0.318. The van der Waals surface area contributed by atoms with E-state index in [9.17, 15) is 26.0 Å². The highest BCUT2D eigenvalue weighted by atomic mass is 32.2. The molecule has 0 N–H and O–H groups in total. The van der Waals surface area contributed by atoms with E-state index in [-0.39, 0.29) is 17.0 Å². The molecule has 3 heterocycles. The molecule has 1 aliphatic rings. The Balaban J connectivity index is 1.58. The number of pyridine rings is 1. The second-order valence-corrected chi connectivity index (χ2v) is 9.76. The van der Waals surface area contributed by atoms with Gasteiger partial charge in [-0.3, -0.25) is 4.98 Å². The van der Waals surface area contributed by atoms with Crippen molar-refractivity contribution in [2.75, 3.05) is 0 Å². The van der Waals surface area contributed by atoms with Crippen LogP contribution in [0.15, 0.2) is 59.9 Å². The number of halogens is 4. The highest BCUT2D eigenvalue weighted by Gasteiger charge is 2.40. The van der Waals surface area contributed by atoms with Gasteiger partial charge in [-0.15, -0.1) is 0 Å². The lowest BCUT2D eigenvalue weighted by molar-refractivity contribution is -0.144. The van der Waals surface area contributed by atoms with Gasteiger partial charge in [-0.25, -0.2) is 22.8 Å². The largest absolute Gasteiger partial charge is 0.451 e. The third kappa shape index (κ3) is 4.88. The fourth-order valence-electron chi connectivity index (χ4n) is 4.04. The first-order valence-corrected chi connectivity index (χ1v) is 11.6. The summed E-state index contributed by atoms with van der Waals surface area (Å²) in [6.45, 7) is 1.83. The van der Waals surface area contributed by atoms with E-state index >= 15 is 0 Å². The molecule has 33 heavy (non-hydrogen) atoms. The molecule has 2 aromatic heterocycles. The van der Waals surface area contributed by atoms with Crippen LogP contribution in [0.4, 0.5) is 17.6 Å². The van der Waals surface area contributed by atoms with Crippen molar-refractivity contribution in [3.63, 3.8) is 0 Å². The highest BCUT2D eigenvalue weighted by molar-refractivity contribution is 7.89. The van der Waals surface area contributed by atoms with Gasteiger partial charge in [0.1, 0.15) is 5.82 Å². The molecule has 0 bridgehead atoms. The average Bonchev–Trinajstić information content (AvgIpc) is 3.14. The summed E-state index contributed by atoms with van der Waals surface area (Å²) in [5.41, 5.74) is 1.49. The van der Waals surface area contributed by atoms with Gasteiger partial charge in [-0.05, 0) is 68.1 Å². The maximum atomic E-state index is 13.3. The first-order valence-electron chi connectivity index (χ1n) is 10.2. The van der Waals surface area contributed by atoms with E-state index in [0.717, 1.165) is 30.1 Å². The summed E-state index contributed by atoms with van der Waals surface area (Å²) >= 11 is 0. The molecule has 1 aliphatic heterocycles. The zero-order chi connectivity index (χ0) is 23.8. The Morgan fingerprint density at radius 1 is 1.03 bits per heavy atom. The Bertz CT molecular complexity index is 1230. The lowest BCUT2D eigenvalue weighted by Gasteiger charge is -2.28. The summed E-state index contributed by atoms with van der Waals surface area (Å²) < 4.78 is 79.3. The van der Waals surface area contributed by atoms with Crippen LogP contribution in [0.5, 0.6) is 0 Å². The Morgan fingerprint density at radius 2 is 1.70 bits per heavy atom. The zero-order valence-electron chi connectivity index (χ0n) is 17.5. The molecule has 174 valence electrons. The number of sulfonamides is 1. The Hall–Kier alpha value is -2.92. The molecule has 0 amide bonds. The molecule has 1 fully saturated rings. The van der Waals surface area contributed by atoms with Crippen LogP contribution in [-0.2, 0) is 22.6 Å². The molecular weight excluding hydrogens is 460 g/mol. The monoisotopic (exact) mass is 480 g/mol. The van der Waals surface area contributed by atoms with Crippen LogP contribution in [0.3, 0.4) is 0 Å².